The van der Waals surface area contributed by atoms with Crippen molar-refractivity contribution in [2.24, 2.45) is 17.4 Å². The van der Waals surface area contributed by atoms with Gasteiger partial charge in [-0.1, -0.05) is 18.2 Å². The van der Waals surface area contributed by atoms with Crippen LogP contribution < -0.4 is 11.5 Å². The number of furan rings is 1. The molecule has 0 saturated carbocycles. The maximum absolute atomic E-state index is 11.2. The molecule has 112 valence electrons. The SMILES string of the molecule is NC(=O)C1CCN(CC(N)c2cc3ccccc3o2)CC1. The molecule has 1 amide bonds. The fourth-order valence-electron chi connectivity index (χ4n) is 2.95. The zero-order valence-corrected chi connectivity index (χ0v) is 12.0. The predicted molar refractivity (Wildman–Crippen MR) is 81.5 cm³/mol. The smallest absolute Gasteiger partial charge is 0.220 e. The zero-order chi connectivity index (χ0) is 14.8. The van der Waals surface area contributed by atoms with E-state index in [9.17, 15) is 4.79 Å². The number of carbonyl (C=O) groups excluding carboxylic acids is 1. The number of amides is 1. The number of rotatable bonds is 4. The van der Waals surface area contributed by atoms with Gasteiger partial charge in [-0.15, -0.1) is 0 Å². The maximum Gasteiger partial charge on any atom is 0.220 e. The van der Waals surface area contributed by atoms with Crippen molar-refractivity contribution in [2.75, 3.05) is 19.6 Å². The Kier molecular flexibility index (Phi) is 3.94. The summed E-state index contributed by atoms with van der Waals surface area (Å²) in [5.74, 6) is 0.646. The van der Waals surface area contributed by atoms with E-state index in [2.05, 4.69) is 4.90 Å². The molecule has 5 nitrogen and oxygen atoms in total. The highest BCUT2D eigenvalue weighted by Crippen LogP contribution is 2.24. The molecular weight excluding hydrogens is 266 g/mol. The molecule has 2 heterocycles. The molecule has 0 radical (unpaired) electrons. The number of nitrogens with zero attached hydrogens (tertiary/aromatic N) is 1. The highest BCUT2D eigenvalue weighted by molar-refractivity contribution is 5.78. The summed E-state index contributed by atoms with van der Waals surface area (Å²) in [7, 11) is 0. The van der Waals surface area contributed by atoms with Gasteiger partial charge in [0.25, 0.3) is 0 Å². The third-order valence-electron chi connectivity index (χ3n) is 4.25. The average Bonchev–Trinajstić information content (AvgIpc) is 2.92. The number of hydrogen-bond acceptors (Lipinski definition) is 4. The topological polar surface area (TPSA) is 85.5 Å². The largest absolute Gasteiger partial charge is 0.459 e. The summed E-state index contributed by atoms with van der Waals surface area (Å²) < 4.78 is 5.80. The molecule has 0 aliphatic carbocycles. The van der Waals surface area contributed by atoms with E-state index >= 15 is 0 Å². The molecule has 1 aliphatic heterocycles. The maximum atomic E-state index is 11.2. The van der Waals surface area contributed by atoms with Crippen molar-refractivity contribution in [3.8, 4) is 0 Å². The van der Waals surface area contributed by atoms with E-state index < -0.39 is 0 Å². The van der Waals surface area contributed by atoms with Crippen LogP contribution in [0.15, 0.2) is 34.7 Å². The molecule has 1 aromatic carbocycles. The Morgan fingerprint density at radius 3 is 2.71 bits per heavy atom. The number of carbonyl (C=O) groups is 1. The summed E-state index contributed by atoms with van der Waals surface area (Å²) in [6.07, 6.45) is 1.64. The van der Waals surface area contributed by atoms with Crippen LogP contribution in [0.5, 0.6) is 0 Å². The molecule has 1 aliphatic rings. The number of hydrogen-bond donors (Lipinski definition) is 2. The van der Waals surface area contributed by atoms with Crippen LogP contribution in [0, 0.1) is 5.92 Å². The molecule has 1 saturated heterocycles. The van der Waals surface area contributed by atoms with Crippen molar-refractivity contribution in [3.05, 3.63) is 36.1 Å². The number of fused-ring (bicyclic) bond motifs is 1. The first-order valence-corrected chi connectivity index (χ1v) is 7.39. The minimum Gasteiger partial charge on any atom is -0.459 e. The van der Waals surface area contributed by atoms with E-state index in [1.54, 1.807) is 0 Å². The van der Waals surface area contributed by atoms with Crippen LogP contribution in [-0.4, -0.2) is 30.4 Å². The Labute approximate surface area is 123 Å². The van der Waals surface area contributed by atoms with E-state index in [1.807, 2.05) is 30.3 Å². The predicted octanol–water partition coefficient (Wildman–Crippen LogP) is 1.63. The van der Waals surface area contributed by atoms with Crippen LogP contribution in [0.2, 0.25) is 0 Å². The number of piperidine rings is 1. The Balaban J connectivity index is 1.61. The van der Waals surface area contributed by atoms with Crippen LogP contribution in [0.3, 0.4) is 0 Å². The number of benzene rings is 1. The quantitative estimate of drug-likeness (QED) is 0.895. The highest BCUT2D eigenvalue weighted by atomic mass is 16.3. The number of likely N-dealkylation sites (tertiary alicyclic amines) is 1. The molecule has 3 rings (SSSR count). The van der Waals surface area contributed by atoms with Gasteiger partial charge in [0.15, 0.2) is 0 Å². The first-order valence-electron chi connectivity index (χ1n) is 7.39. The van der Waals surface area contributed by atoms with E-state index in [-0.39, 0.29) is 17.9 Å². The van der Waals surface area contributed by atoms with Crippen molar-refractivity contribution in [2.45, 2.75) is 18.9 Å². The molecule has 5 heteroatoms. The van der Waals surface area contributed by atoms with Gasteiger partial charge >= 0.3 is 0 Å². The molecule has 0 bridgehead atoms. The van der Waals surface area contributed by atoms with Crippen LogP contribution in [0.4, 0.5) is 0 Å². The summed E-state index contributed by atoms with van der Waals surface area (Å²) >= 11 is 0. The monoisotopic (exact) mass is 287 g/mol. The lowest BCUT2D eigenvalue weighted by Crippen LogP contribution is -2.41. The van der Waals surface area contributed by atoms with E-state index in [1.165, 1.54) is 0 Å². The molecule has 4 N–H and O–H groups in total. The lowest BCUT2D eigenvalue weighted by Gasteiger charge is -2.31. The Morgan fingerprint density at radius 1 is 1.33 bits per heavy atom. The number of para-hydroxylation sites is 1. The summed E-state index contributed by atoms with van der Waals surface area (Å²) in [5.41, 5.74) is 12.5. The van der Waals surface area contributed by atoms with Gasteiger partial charge in [-0.3, -0.25) is 4.79 Å². The molecule has 1 unspecified atom stereocenters. The molecular formula is C16H21N3O2. The first kappa shape index (κ1) is 14.1. The van der Waals surface area contributed by atoms with Crippen molar-refractivity contribution >= 4 is 16.9 Å². The zero-order valence-electron chi connectivity index (χ0n) is 12.0. The third-order valence-corrected chi connectivity index (χ3v) is 4.25. The van der Waals surface area contributed by atoms with Gasteiger partial charge in [-0.25, -0.2) is 0 Å². The highest BCUT2D eigenvalue weighted by Gasteiger charge is 2.25. The van der Waals surface area contributed by atoms with Crippen molar-refractivity contribution in [3.63, 3.8) is 0 Å². The van der Waals surface area contributed by atoms with Crippen molar-refractivity contribution < 1.29 is 9.21 Å². The summed E-state index contributed by atoms with van der Waals surface area (Å²) in [5, 5.41) is 1.08. The minimum atomic E-state index is -0.184. The van der Waals surface area contributed by atoms with Crippen molar-refractivity contribution in [1.82, 2.24) is 4.90 Å². The standard InChI is InChI=1S/C16H21N3O2/c17-13(10-19-7-5-11(6-8-19)16(18)20)15-9-12-3-1-2-4-14(12)21-15/h1-4,9,11,13H,5-8,10,17H2,(H2,18,20). The lowest BCUT2D eigenvalue weighted by molar-refractivity contribution is -0.123. The molecule has 1 fully saturated rings. The fourth-order valence-corrected chi connectivity index (χ4v) is 2.95. The molecule has 21 heavy (non-hydrogen) atoms. The molecule has 1 atom stereocenters. The normalized spacial score (nSPS) is 18.9. The molecule has 1 aromatic heterocycles. The van der Waals surface area contributed by atoms with Gasteiger partial charge in [-0.05, 0) is 38.1 Å². The second-order valence-corrected chi connectivity index (χ2v) is 5.77. The van der Waals surface area contributed by atoms with Crippen molar-refractivity contribution in [1.29, 1.82) is 0 Å². The Hall–Kier alpha value is -1.85. The van der Waals surface area contributed by atoms with E-state index in [0.29, 0.717) is 0 Å². The van der Waals surface area contributed by atoms with E-state index in [0.717, 1.165) is 49.2 Å². The second kappa shape index (κ2) is 5.87. The third kappa shape index (κ3) is 3.09. The van der Waals surface area contributed by atoms with Crippen LogP contribution in [0.25, 0.3) is 11.0 Å². The van der Waals surface area contributed by atoms with Gasteiger partial charge in [-0.2, -0.15) is 0 Å². The number of primary amides is 1. The fraction of sp³-hybridized carbons (Fsp3) is 0.438. The van der Waals surface area contributed by atoms with Gasteiger partial charge in [0.1, 0.15) is 11.3 Å². The molecule has 2 aromatic rings. The lowest BCUT2D eigenvalue weighted by atomic mass is 9.96. The van der Waals surface area contributed by atoms with Gasteiger partial charge in [0.05, 0.1) is 6.04 Å². The second-order valence-electron chi connectivity index (χ2n) is 5.77. The first-order chi connectivity index (χ1) is 10.1. The van der Waals surface area contributed by atoms with E-state index in [4.69, 9.17) is 15.9 Å². The van der Waals surface area contributed by atoms with Gasteiger partial charge in [0.2, 0.25) is 5.91 Å². The summed E-state index contributed by atoms with van der Waals surface area (Å²) in [6, 6.07) is 9.77. The Morgan fingerprint density at radius 2 is 2.05 bits per heavy atom. The number of nitrogens with two attached hydrogens (primary N) is 2. The van der Waals surface area contributed by atoms with Crippen LogP contribution in [-0.2, 0) is 4.79 Å². The summed E-state index contributed by atoms with van der Waals surface area (Å²) in [6.45, 7) is 2.47. The van der Waals surface area contributed by atoms with Crippen LogP contribution >= 0.6 is 0 Å². The van der Waals surface area contributed by atoms with Gasteiger partial charge in [0, 0.05) is 17.8 Å². The minimum absolute atomic E-state index is 0.0173. The van der Waals surface area contributed by atoms with Crippen LogP contribution in [0.1, 0.15) is 24.6 Å². The summed E-state index contributed by atoms with van der Waals surface area (Å²) in [4.78, 5) is 13.4. The van der Waals surface area contributed by atoms with Gasteiger partial charge < -0.3 is 20.8 Å². The Bertz CT molecular complexity index is 596. The average molecular weight is 287 g/mol. The molecule has 0 spiro atoms.